The molecule has 0 radical (unpaired) electrons. The third kappa shape index (κ3) is 5.76. The van der Waals surface area contributed by atoms with Crippen molar-refractivity contribution in [1.82, 2.24) is 0 Å². The first-order valence-electron chi connectivity index (χ1n) is 8.90. The van der Waals surface area contributed by atoms with Crippen LogP contribution in [0.5, 0.6) is 5.75 Å². The summed E-state index contributed by atoms with van der Waals surface area (Å²) in [5.41, 5.74) is 9.45. The topological polar surface area (TPSA) is 61.5 Å². The van der Waals surface area contributed by atoms with Gasteiger partial charge in [0.05, 0.1) is 11.6 Å². The molecule has 3 rings (SSSR count). The molecule has 2 N–H and O–H groups in total. The van der Waals surface area contributed by atoms with Crippen LogP contribution in [-0.2, 0) is 22.7 Å². The fraction of sp³-hybridized carbons (Fsp3) is 0.174. The lowest BCUT2D eigenvalue weighted by Gasteiger charge is -2.15. The molecule has 0 unspecified atom stereocenters. The predicted octanol–water partition coefficient (Wildman–Crippen LogP) is 5.12. The van der Waals surface area contributed by atoms with E-state index in [2.05, 4.69) is 0 Å². The van der Waals surface area contributed by atoms with Crippen molar-refractivity contribution in [1.29, 1.82) is 0 Å². The quantitative estimate of drug-likeness (QED) is 0.444. The number of esters is 1. The number of benzene rings is 3. The van der Waals surface area contributed by atoms with Gasteiger partial charge in [-0.15, -0.1) is 12.4 Å². The molecular formula is C23H24ClNO3. The van der Waals surface area contributed by atoms with E-state index in [0.717, 1.165) is 16.7 Å². The van der Waals surface area contributed by atoms with Gasteiger partial charge in [0.25, 0.3) is 0 Å². The maximum Gasteiger partial charge on any atom is 0.313 e. The lowest BCUT2D eigenvalue weighted by molar-refractivity contribution is -0.146. The smallest absolute Gasteiger partial charge is 0.313 e. The lowest BCUT2D eigenvalue weighted by atomic mass is 10.0. The zero-order valence-electron chi connectivity index (χ0n) is 15.7. The van der Waals surface area contributed by atoms with Crippen LogP contribution >= 0.6 is 12.4 Å². The van der Waals surface area contributed by atoms with Crippen LogP contribution in [0.2, 0.25) is 0 Å². The summed E-state index contributed by atoms with van der Waals surface area (Å²) in [5, 5.41) is 0. The summed E-state index contributed by atoms with van der Waals surface area (Å²) in [6.07, 6.45) is 0. The Bertz CT molecular complexity index is 885. The molecule has 5 heteroatoms. The highest BCUT2D eigenvalue weighted by Crippen LogP contribution is 2.28. The van der Waals surface area contributed by atoms with Crippen LogP contribution in [0.4, 0.5) is 5.69 Å². The van der Waals surface area contributed by atoms with E-state index in [4.69, 9.17) is 15.2 Å². The number of anilines is 1. The van der Waals surface area contributed by atoms with Gasteiger partial charge in [0.15, 0.2) is 0 Å². The Balaban J connectivity index is 0.00000280. The molecule has 3 aromatic carbocycles. The number of hydrogen-bond acceptors (Lipinski definition) is 4. The molecule has 3 aromatic rings. The summed E-state index contributed by atoms with van der Waals surface area (Å²) in [4.78, 5) is 12.3. The highest BCUT2D eigenvalue weighted by Gasteiger charge is 2.18. The maximum absolute atomic E-state index is 12.3. The number of ether oxygens (including phenoxy) is 2. The van der Waals surface area contributed by atoms with Crippen LogP contribution < -0.4 is 10.5 Å². The van der Waals surface area contributed by atoms with Crippen molar-refractivity contribution in [3.63, 3.8) is 0 Å². The number of nitrogen functional groups attached to an aromatic ring is 1. The number of carbonyl (C=O) groups is 1. The standard InChI is InChI=1S/C23H23NO3.ClH/c1-17(23(25)27-16-19-10-6-3-7-11-19)20-12-13-22(21(24)14-20)26-15-18-8-4-2-5-9-18;/h2-14,17H,15-16,24H2,1H3;1H/t17-;/m0./s1. The first-order chi connectivity index (χ1) is 13.1. The van der Waals surface area contributed by atoms with Gasteiger partial charge in [-0.1, -0.05) is 66.7 Å². The molecule has 0 aliphatic carbocycles. The fourth-order valence-corrected chi connectivity index (χ4v) is 2.69. The van der Waals surface area contributed by atoms with Crippen LogP contribution in [0.1, 0.15) is 29.5 Å². The molecule has 146 valence electrons. The molecule has 4 nitrogen and oxygen atoms in total. The summed E-state index contributed by atoms with van der Waals surface area (Å²) in [6, 6.07) is 24.9. The van der Waals surface area contributed by atoms with Crippen LogP contribution in [0.15, 0.2) is 78.9 Å². The normalized spacial score (nSPS) is 11.2. The SMILES string of the molecule is C[C@H](C(=O)OCc1ccccc1)c1ccc(OCc2ccccc2)c(N)c1.Cl. The van der Waals surface area contributed by atoms with E-state index >= 15 is 0 Å². The van der Waals surface area contributed by atoms with Crippen molar-refractivity contribution in [2.45, 2.75) is 26.1 Å². The molecule has 0 fully saturated rings. The largest absolute Gasteiger partial charge is 0.487 e. The van der Waals surface area contributed by atoms with E-state index in [-0.39, 0.29) is 25.0 Å². The molecule has 0 aliphatic rings. The number of hydrogen-bond donors (Lipinski definition) is 1. The first kappa shape index (κ1) is 21.3. The van der Waals surface area contributed by atoms with Crippen molar-refractivity contribution in [2.75, 3.05) is 5.73 Å². The predicted molar refractivity (Wildman–Crippen MR) is 114 cm³/mol. The van der Waals surface area contributed by atoms with Crippen molar-refractivity contribution < 1.29 is 14.3 Å². The van der Waals surface area contributed by atoms with Crippen LogP contribution in [-0.4, -0.2) is 5.97 Å². The Kier molecular flexibility index (Phi) is 7.90. The number of rotatable bonds is 7. The van der Waals surface area contributed by atoms with E-state index < -0.39 is 5.92 Å². The Morgan fingerprint density at radius 2 is 1.46 bits per heavy atom. The van der Waals surface area contributed by atoms with Crippen molar-refractivity contribution in [2.24, 2.45) is 0 Å². The van der Waals surface area contributed by atoms with Gasteiger partial charge >= 0.3 is 5.97 Å². The fourth-order valence-electron chi connectivity index (χ4n) is 2.69. The van der Waals surface area contributed by atoms with Crippen molar-refractivity contribution in [3.05, 3.63) is 95.6 Å². The van der Waals surface area contributed by atoms with E-state index in [0.29, 0.717) is 18.0 Å². The average Bonchev–Trinajstić information content (AvgIpc) is 2.72. The molecule has 0 aliphatic heterocycles. The summed E-state index contributed by atoms with van der Waals surface area (Å²) in [6.45, 7) is 2.52. The van der Waals surface area contributed by atoms with Crippen LogP contribution in [0, 0.1) is 0 Å². The second kappa shape index (κ2) is 10.4. The molecule has 0 amide bonds. The highest BCUT2D eigenvalue weighted by molar-refractivity contribution is 5.85. The number of nitrogens with two attached hydrogens (primary N) is 1. The number of carbonyl (C=O) groups excluding carboxylic acids is 1. The molecule has 0 spiro atoms. The molecule has 0 aromatic heterocycles. The Hall–Kier alpha value is -2.98. The monoisotopic (exact) mass is 397 g/mol. The Morgan fingerprint density at radius 3 is 2.04 bits per heavy atom. The minimum absolute atomic E-state index is 0. The third-order valence-corrected chi connectivity index (χ3v) is 4.35. The zero-order chi connectivity index (χ0) is 19.1. The highest BCUT2D eigenvalue weighted by atomic mass is 35.5. The van der Waals surface area contributed by atoms with Gasteiger partial charge in [-0.05, 0) is 35.7 Å². The summed E-state index contributed by atoms with van der Waals surface area (Å²) < 4.78 is 11.2. The van der Waals surface area contributed by atoms with Gasteiger partial charge < -0.3 is 15.2 Å². The minimum atomic E-state index is -0.404. The third-order valence-electron chi connectivity index (χ3n) is 4.35. The molecule has 0 heterocycles. The Morgan fingerprint density at radius 1 is 0.893 bits per heavy atom. The molecule has 1 atom stereocenters. The lowest BCUT2D eigenvalue weighted by Crippen LogP contribution is -2.13. The summed E-state index contributed by atoms with van der Waals surface area (Å²) in [5.74, 6) is -0.0807. The van der Waals surface area contributed by atoms with Crippen molar-refractivity contribution in [3.8, 4) is 5.75 Å². The molecule has 0 bridgehead atoms. The zero-order valence-corrected chi connectivity index (χ0v) is 16.5. The Labute approximate surface area is 171 Å². The van der Waals surface area contributed by atoms with Gasteiger partial charge in [-0.2, -0.15) is 0 Å². The average molecular weight is 398 g/mol. The van der Waals surface area contributed by atoms with E-state index in [9.17, 15) is 4.79 Å². The maximum atomic E-state index is 12.3. The summed E-state index contributed by atoms with van der Waals surface area (Å²) >= 11 is 0. The van der Waals surface area contributed by atoms with E-state index in [1.807, 2.05) is 73.7 Å². The second-order valence-corrected chi connectivity index (χ2v) is 6.39. The van der Waals surface area contributed by atoms with Crippen molar-refractivity contribution >= 4 is 24.1 Å². The van der Waals surface area contributed by atoms with Gasteiger partial charge in [-0.3, -0.25) is 4.79 Å². The molecule has 0 saturated carbocycles. The molecule has 28 heavy (non-hydrogen) atoms. The van der Waals surface area contributed by atoms with Gasteiger partial charge in [-0.25, -0.2) is 0 Å². The molecular weight excluding hydrogens is 374 g/mol. The minimum Gasteiger partial charge on any atom is -0.487 e. The van der Waals surface area contributed by atoms with E-state index in [1.54, 1.807) is 12.1 Å². The van der Waals surface area contributed by atoms with Crippen LogP contribution in [0.25, 0.3) is 0 Å². The number of halogens is 1. The summed E-state index contributed by atoms with van der Waals surface area (Å²) in [7, 11) is 0. The van der Waals surface area contributed by atoms with E-state index in [1.165, 1.54) is 0 Å². The van der Waals surface area contributed by atoms with Gasteiger partial charge in [0.2, 0.25) is 0 Å². The van der Waals surface area contributed by atoms with Gasteiger partial charge in [0.1, 0.15) is 19.0 Å². The second-order valence-electron chi connectivity index (χ2n) is 6.39. The first-order valence-corrected chi connectivity index (χ1v) is 8.90. The van der Waals surface area contributed by atoms with Gasteiger partial charge in [0, 0.05) is 0 Å². The van der Waals surface area contributed by atoms with Crippen LogP contribution in [0.3, 0.4) is 0 Å². The molecule has 0 saturated heterocycles.